The van der Waals surface area contributed by atoms with E-state index >= 15 is 0 Å². The maximum absolute atomic E-state index is 12.4. The normalized spacial score (nSPS) is 10.7. The van der Waals surface area contributed by atoms with E-state index in [0.717, 1.165) is 5.56 Å². The number of hydrogen-bond donors (Lipinski definition) is 0. The van der Waals surface area contributed by atoms with Crippen molar-refractivity contribution in [3.8, 4) is 0 Å². The molecule has 0 unspecified atom stereocenters. The summed E-state index contributed by atoms with van der Waals surface area (Å²) in [5, 5.41) is 1.72. The molecule has 116 valence electrons. The molecule has 0 amide bonds. The molecule has 0 atom stereocenters. The maximum atomic E-state index is 12.4. The van der Waals surface area contributed by atoms with Crippen LogP contribution < -0.4 is 5.56 Å². The molecule has 5 heteroatoms. The first-order valence-corrected chi connectivity index (χ1v) is 7.44. The molecule has 0 spiro atoms. The van der Waals surface area contributed by atoms with Gasteiger partial charge in [0.2, 0.25) is 0 Å². The molecule has 0 aliphatic carbocycles. The first-order chi connectivity index (χ1) is 11.1. The van der Waals surface area contributed by atoms with Gasteiger partial charge in [-0.3, -0.25) is 4.79 Å². The highest BCUT2D eigenvalue weighted by Crippen LogP contribution is 2.17. The van der Waals surface area contributed by atoms with Crippen molar-refractivity contribution in [3.05, 3.63) is 81.2 Å². The van der Waals surface area contributed by atoms with Gasteiger partial charge in [-0.15, -0.1) is 0 Å². The van der Waals surface area contributed by atoms with Crippen molar-refractivity contribution in [3.63, 3.8) is 0 Å². The molecule has 0 saturated carbocycles. The van der Waals surface area contributed by atoms with Crippen LogP contribution in [0.4, 0.5) is 0 Å². The van der Waals surface area contributed by atoms with E-state index in [0.29, 0.717) is 21.4 Å². The smallest absolute Gasteiger partial charge is 0.340 e. The molecule has 0 bridgehead atoms. The zero-order chi connectivity index (χ0) is 16.4. The number of pyridine rings is 1. The second kappa shape index (κ2) is 6.26. The van der Waals surface area contributed by atoms with Gasteiger partial charge in [-0.25, -0.2) is 4.79 Å². The van der Waals surface area contributed by atoms with Crippen LogP contribution in [-0.4, -0.2) is 10.5 Å². The van der Waals surface area contributed by atoms with Crippen LogP contribution in [0.5, 0.6) is 0 Å². The average Bonchev–Trinajstić information content (AvgIpc) is 2.57. The summed E-state index contributed by atoms with van der Waals surface area (Å²) in [6.07, 6.45) is 1.51. The molecule has 1 aromatic heterocycles. The Morgan fingerprint density at radius 2 is 1.74 bits per heavy atom. The third kappa shape index (κ3) is 3.12. The highest BCUT2D eigenvalue weighted by Gasteiger charge is 2.14. The molecule has 0 fully saturated rings. The molecule has 23 heavy (non-hydrogen) atoms. The lowest BCUT2D eigenvalue weighted by Crippen LogP contribution is -2.19. The van der Waals surface area contributed by atoms with Crippen LogP contribution in [0.25, 0.3) is 10.8 Å². The SMILES string of the molecule is Cn1cc(C(=O)OCc2ccc(Cl)cc2)c2ccccc2c1=O. The minimum Gasteiger partial charge on any atom is -0.457 e. The number of benzene rings is 2. The molecule has 0 saturated heterocycles. The summed E-state index contributed by atoms with van der Waals surface area (Å²) >= 11 is 5.83. The molecule has 3 aromatic rings. The van der Waals surface area contributed by atoms with E-state index in [1.54, 1.807) is 55.6 Å². The van der Waals surface area contributed by atoms with Crippen molar-refractivity contribution in [1.82, 2.24) is 4.57 Å². The van der Waals surface area contributed by atoms with Gasteiger partial charge in [0, 0.05) is 29.0 Å². The number of ether oxygens (including phenoxy) is 1. The first-order valence-electron chi connectivity index (χ1n) is 7.06. The average molecular weight is 328 g/mol. The number of carbonyl (C=O) groups is 1. The van der Waals surface area contributed by atoms with Crippen LogP contribution in [0.1, 0.15) is 15.9 Å². The quantitative estimate of drug-likeness (QED) is 0.691. The van der Waals surface area contributed by atoms with Gasteiger partial charge in [0.25, 0.3) is 5.56 Å². The number of carbonyl (C=O) groups excluding carboxylic acids is 1. The summed E-state index contributed by atoms with van der Waals surface area (Å²) in [7, 11) is 1.62. The Balaban J connectivity index is 1.90. The number of esters is 1. The second-order valence-electron chi connectivity index (χ2n) is 5.21. The van der Waals surface area contributed by atoms with Crippen LogP contribution in [0.3, 0.4) is 0 Å². The standard InChI is InChI=1S/C18H14ClNO3/c1-20-10-16(14-4-2-3-5-15(14)17(20)21)18(22)23-11-12-6-8-13(19)9-7-12/h2-10H,11H2,1H3. The van der Waals surface area contributed by atoms with Crippen molar-refractivity contribution in [2.24, 2.45) is 7.05 Å². The van der Waals surface area contributed by atoms with E-state index in [-0.39, 0.29) is 12.2 Å². The molecule has 0 radical (unpaired) electrons. The monoisotopic (exact) mass is 327 g/mol. The number of aryl methyl sites for hydroxylation is 1. The molecule has 0 aliphatic heterocycles. The second-order valence-corrected chi connectivity index (χ2v) is 5.64. The Hall–Kier alpha value is -2.59. The van der Waals surface area contributed by atoms with Gasteiger partial charge in [0.1, 0.15) is 6.61 Å². The fraction of sp³-hybridized carbons (Fsp3) is 0.111. The molecule has 0 N–H and O–H groups in total. The zero-order valence-corrected chi connectivity index (χ0v) is 13.2. The van der Waals surface area contributed by atoms with E-state index in [9.17, 15) is 9.59 Å². The van der Waals surface area contributed by atoms with E-state index in [2.05, 4.69) is 0 Å². The fourth-order valence-electron chi connectivity index (χ4n) is 2.39. The molecule has 3 rings (SSSR count). The predicted octanol–water partition coefficient (Wildman–Crippen LogP) is 3.55. The summed E-state index contributed by atoms with van der Waals surface area (Å²) in [5.74, 6) is -0.466. The lowest BCUT2D eigenvalue weighted by atomic mass is 10.1. The minimum atomic E-state index is -0.466. The van der Waals surface area contributed by atoms with Crippen LogP contribution in [-0.2, 0) is 18.4 Å². The first kappa shape index (κ1) is 15.3. The number of aromatic nitrogens is 1. The van der Waals surface area contributed by atoms with Gasteiger partial charge in [0.15, 0.2) is 0 Å². The van der Waals surface area contributed by atoms with Crippen LogP contribution in [0.15, 0.2) is 59.5 Å². The summed E-state index contributed by atoms with van der Waals surface area (Å²) in [6, 6.07) is 14.1. The Bertz CT molecular complexity index is 929. The Morgan fingerprint density at radius 3 is 2.43 bits per heavy atom. The van der Waals surface area contributed by atoms with Crippen molar-refractivity contribution in [2.45, 2.75) is 6.61 Å². The molecule has 2 aromatic carbocycles. The number of rotatable bonds is 3. The number of halogens is 1. The van der Waals surface area contributed by atoms with Crippen LogP contribution in [0, 0.1) is 0 Å². The zero-order valence-electron chi connectivity index (χ0n) is 12.5. The van der Waals surface area contributed by atoms with Crippen LogP contribution >= 0.6 is 11.6 Å². The van der Waals surface area contributed by atoms with E-state index in [4.69, 9.17) is 16.3 Å². The summed E-state index contributed by atoms with van der Waals surface area (Å²) in [5.41, 5.74) is 1.07. The van der Waals surface area contributed by atoms with Gasteiger partial charge in [-0.2, -0.15) is 0 Å². The number of nitrogens with zero attached hydrogens (tertiary/aromatic N) is 1. The van der Waals surface area contributed by atoms with E-state index in [1.807, 2.05) is 0 Å². The van der Waals surface area contributed by atoms with Gasteiger partial charge >= 0.3 is 5.97 Å². The molecule has 0 aliphatic rings. The Morgan fingerprint density at radius 1 is 1.09 bits per heavy atom. The Kier molecular flexibility index (Phi) is 4.17. The lowest BCUT2D eigenvalue weighted by Gasteiger charge is -2.09. The van der Waals surface area contributed by atoms with Crippen molar-refractivity contribution in [1.29, 1.82) is 0 Å². The van der Waals surface area contributed by atoms with Gasteiger partial charge in [0.05, 0.1) is 5.56 Å². The van der Waals surface area contributed by atoms with Crippen molar-refractivity contribution < 1.29 is 9.53 Å². The van der Waals surface area contributed by atoms with Crippen molar-refractivity contribution >= 4 is 28.3 Å². The largest absolute Gasteiger partial charge is 0.457 e. The number of fused-ring (bicyclic) bond motifs is 1. The van der Waals surface area contributed by atoms with Crippen molar-refractivity contribution in [2.75, 3.05) is 0 Å². The van der Waals surface area contributed by atoms with Gasteiger partial charge < -0.3 is 9.30 Å². The summed E-state index contributed by atoms with van der Waals surface area (Å²) < 4.78 is 6.75. The summed E-state index contributed by atoms with van der Waals surface area (Å²) in [6.45, 7) is 0.146. The molecular formula is C18H14ClNO3. The lowest BCUT2D eigenvalue weighted by molar-refractivity contribution is 0.0474. The van der Waals surface area contributed by atoms with E-state index < -0.39 is 5.97 Å². The van der Waals surface area contributed by atoms with Crippen LogP contribution in [0.2, 0.25) is 5.02 Å². The van der Waals surface area contributed by atoms with Gasteiger partial charge in [-0.1, -0.05) is 41.9 Å². The third-order valence-corrected chi connectivity index (χ3v) is 3.85. The fourth-order valence-corrected chi connectivity index (χ4v) is 2.51. The minimum absolute atomic E-state index is 0.144. The third-order valence-electron chi connectivity index (χ3n) is 3.59. The topological polar surface area (TPSA) is 48.3 Å². The highest BCUT2D eigenvalue weighted by molar-refractivity contribution is 6.30. The van der Waals surface area contributed by atoms with E-state index in [1.165, 1.54) is 10.8 Å². The van der Waals surface area contributed by atoms with Gasteiger partial charge in [-0.05, 0) is 23.8 Å². The molecule has 1 heterocycles. The number of hydrogen-bond acceptors (Lipinski definition) is 3. The summed E-state index contributed by atoms with van der Waals surface area (Å²) in [4.78, 5) is 24.5. The molecular weight excluding hydrogens is 314 g/mol. The highest BCUT2D eigenvalue weighted by atomic mass is 35.5. The predicted molar refractivity (Wildman–Crippen MR) is 89.8 cm³/mol. The Labute approximate surface area is 137 Å². The maximum Gasteiger partial charge on any atom is 0.340 e. The molecule has 4 nitrogen and oxygen atoms in total.